The molecular formula is C22H26NO4+. The van der Waals surface area contributed by atoms with Gasteiger partial charge in [-0.3, -0.25) is 0 Å². The Morgan fingerprint density at radius 2 is 1.30 bits per heavy atom. The van der Waals surface area contributed by atoms with Gasteiger partial charge in [-0.25, -0.2) is 4.57 Å². The van der Waals surface area contributed by atoms with Crippen molar-refractivity contribution in [3.8, 4) is 34.1 Å². The molecule has 0 aliphatic carbocycles. The fraction of sp³-hybridized carbons (Fsp3) is 0.318. The normalized spacial score (nSPS) is 10.7. The number of fused-ring (bicyclic) bond motifs is 1. The van der Waals surface area contributed by atoms with Crippen molar-refractivity contribution in [1.29, 1.82) is 0 Å². The number of methoxy groups -OCH3 is 4. The van der Waals surface area contributed by atoms with Crippen molar-refractivity contribution in [1.82, 2.24) is 0 Å². The van der Waals surface area contributed by atoms with Gasteiger partial charge in [0.25, 0.3) is 0 Å². The summed E-state index contributed by atoms with van der Waals surface area (Å²) in [5, 5.41) is 2.23. The van der Waals surface area contributed by atoms with Gasteiger partial charge >= 0.3 is 0 Å². The van der Waals surface area contributed by atoms with E-state index in [1.807, 2.05) is 30.3 Å². The minimum atomic E-state index is 0.701. The van der Waals surface area contributed by atoms with Gasteiger partial charge in [-0.2, -0.15) is 0 Å². The lowest BCUT2D eigenvalue weighted by Gasteiger charge is -2.14. The smallest absolute Gasteiger partial charge is 0.186 e. The van der Waals surface area contributed by atoms with Crippen LogP contribution in [0.4, 0.5) is 0 Å². The van der Waals surface area contributed by atoms with E-state index in [-0.39, 0.29) is 0 Å². The minimum Gasteiger partial charge on any atom is -0.493 e. The van der Waals surface area contributed by atoms with Gasteiger partial charge in [0.15, 0.2) is 34.9 Å². The fourth-order valence-corrected chi connectivity index (χ4v) is 3.44. The highest BCUT2D eigenvalue weighted by Gasteiger charge is 2.20. The molecule has 0 spiro atoms. The lowest BCUT2D eigenvalue weighted by Crippen LogP contribution is -2.35. The number of nitrogens with zero attached hydrogens (tertiary/aromatic N) is 1. The minimum absolute atomic E-state index is 0.701. The predicted octanol–water partition coefficient (Wildman–Crippen LogP) is 4.16. The molecule has 0 saturated carbocycles. The third-order valence-electron chi connectivity index (χ3n) is 4.95. The predicted molar refractivity (Wildman–Crippen MR) is 106 cm³/mol. The van der Waals surface area contributed by atoms with E-state index < -0.39 is 0 Å². The van der Waals surface area contributed by atoms with Gasteiger partial charge in [-0.05, 0) is 36.8 Å². The van der Waals surface area contributed by atoms with Gasteiger partial charge in [0.1, 0.15) is 6.54 Å². The van der Waals surface area contributed by atoms with E-state index in [2.05, 4.69) is 24.6 Å². The van der Waals surface area contributed by atoms with Crippen molar-refractivity contribution in [2.45, 2.75) is 20.4 Å². The zero-order valence-electron chi connectivity index (χ0n) is 16.8. The molecule has 0 amide bonds. The van der Waals surface area contributed by atoms with E-state index in [0.717, 1.165) is 34.2 Å². The van der Waals surface area contributed by atoms with Crippen molar-refractivity contribution in [2.24, 2.45) is 0 Å². The summed E-state index contributed by atoms with van der Waals surface area (Å²) in [7, 11) is 6.60. The monoisotopic (exact) mass is 368 g/mol. The van der Waals surface area contributed by atoms with Crippen LogP contribution in [0.5, 0.6) is 23.0 Å². The van der Waals surface area contributed by atoms with Crippen LogP contribution in [0.25, 0.3) is 21.9 Å². The Morgan fingerprint density at radius 1 is 0.741 bits per heavy atom. The molecule has 0 bridgehead atoms. The standard InChI is InChI=1S/C22H26NO4/c1-7-23-13-18(15-8-9-19(24-3)20(10-15)25-4)17-12-22(27-6)21(26-5)11-16(17)14(23)2/h8-13H,7H2,1-6H3/q+1. The largest absolute Gasteiger partial charge is 0.493 e. The Morgan fingerprint density at radius 3 is 1.85 bits per heavy atom. The van der Waals surface area contributed by atoms with Crippen LogP contribution in [0.2, 0.25) is 0 Å². The number of ether oxygens (including phenoxy) is 4. The van der Waals surface area contributed by atoms with E-state index in [0.29, 0.717) is 17.2 Å². The molecular weight excluding hydrogens is 342 g/mol. The zero-order chi connectivity index (χ0) is 19.6. The van der Waals surface area contributed by atoms with Gasteiger partial charge in [-0.1, -0.05) is 6.07 Å². The topological polar surface area (TPSA) is 40.8 Å². The summed E-state index contributed by atoms with van der Waals surface area (Å²) < 4.78 is 24.2. The van der Waals surface area contributed by atoms with Crippen LogP contribution >= 0.6 is 0 Å². The highest BCUT2D eigenvalue weighted by molar-refractivity contribution is 5.98. The fourth-order valence-electron chi connectivity index (χ4n) is 3.44. The first-order valence-corrected chi connectivity index (χ1v) is 8.89. The maximum Gasteiger partial charge on any atom is 0.186 e. The molecule has 1 heterocycles. The zero-order valence-corrected chi connectivity index (χ0v) is 16.8. The summed E-state index contributed by atoms with van der Waals surface area (Å²) in [5.41, 5.74) is 3.32. The average molecular weight is 368 g/mol. The van der Waals surface area contributed by atoms with Gasteiger partial charge in [0, 0.05) is 12.3 Å². The number of aromatic nitrogens is 1. The Balaban J connectivity index is 2.36. The molecule has 0 aliphatic rings. The third-order valence-corrected chi connectivity index (χ3v) is 4.95. The molecule has 0 fully saturated rings. The number of pyridine rings is 1. The number of rotatable bonds is 6. The third kappa shape index (κ3) is 3.25. The molecule has 0 unspecified atom stereocenters. The Bertz CT molecular complexity index is 982. The summed E-state index contributed by atoms with van der Waals surface area (Å²) in [6, 6.07) is 10.0. The molecule has 142 valence electrons. The van der Waals surface area contributed by atoms with Crippen LogP contribution in [0.15, 0.2) is 36.5 Å². The molecule has 3 rings (SSSR count). The molecule has 5 nitrogen and oxygen atoms in total. The maximum absolute atomic E-state index is 5.54. The summed E-state index contributed by atoms with van der Waals surface area (Å²) in [5.74, 6) is 2.84. The van der Waals surface area contributed by atoms with Crippen LogP contribution in [-0.4, -0.2) is 28.4 Å². The molecule has 0 saturated heterocycles. The maximum atomic E-state index is 5.54. The van der Waals surface area contributed by atoms with Gasteiger partial charge < -0.3 is 18.9 Å². The number of aryl methyl sites for hydroxylation is 2. The number of hydrogen-bond donors (Lipinski definition) is 0. The first-order valence-electron chi connectivity index (χ1n) is 8.89. The van der Waals surface area contributed by atoms with Crippen molar-refractivity contribution in [2.75, 3.05) is 28.4 Å². The molecule has 0 N–H and O–H groups in total. The summed E-state index contributed by atoms with van der Waals surface area (Å²) in [6.45, 7) is 5.13. The van der Waals surface area contributed by atoms with Gasteiger partial charge in [0.05, 0.1) is 39.4 Å². The Labute approximate surface area is 160 Å². The average Bonchev–Trinajstić information content (AvgIpc) is 2.72. The van der Waals surface area contributed by atoms with E-state index in [1.165, 1.54) is 5.69 Å². The van der Waals surface area contributed by atoms with Crippen LogP contribution < -0.4 is 23.5 Å². The highest BCUT2D eigenvalue weighted by Crippen LogP contribution is 2.39. The summed E-state index contributed by atoms with van der Waals surface area (Å²) in [4.78, 5) is 0. The Hall–Kier alpha value is -2.95. The molecule has 5 heteroatoms. The van der Waals surface area contributed by atoms with E-state index in [9.17, 15) is 0 Å². The number of hydrogen-bond acceptors (Lipinski definition) is 4. The quantitative estimate of drug-likeness (QED) is 0.613. The summed E-state index contributed by atoms with van der Waals surface area (Å²) in [6.07, 6.45) is 2.17. The second kappa shape index (κ2) is 7.74. The molecule has 2 aromatic carbocycles. The van der Waals surface area contributed by atoms with Gasteiger partial charge in [0.2, 0.25) is 0 Å². The van der Waals surface area contributed by atoms with E-state index >= 15 is 0 Å². The summed E-state index contributed by atoms with van der Waals surface area (Å²) >= 11 is 0. The van der Waals surface area contributed by atoms with Gasteiger partial charge in [-0.15, -0.1) is 0 Å². The van der Waals surface area contributed by atoms with Crippen LogP contribution in [0.3, 0.4) is 0 Å². The Kier molecular flexibility index (Phi) is 5.40. The first kappa shape index (κ1) is 18.8. The van der Waals surface area contributed by atoms with Crippen LogP contribution in [0.1, 0.15) is 12.6 Å². The van der Waals surface area contributed by atoms with Crippen LogP contribution in [0, 0.1) is 6.92 Å². The highest BCUT2D eigenvalue weighted by atomic mass is 16.5. The molecule has 3 aromatic rings. The van der Waals surface area contributed by atoms with Crippen molar-refractivity contribution in [3.05, 3.63) is 42.2 Å². The number of benzene rings is 2. The molecule has 1 aromatic heterocycles. The lowest BCUT2D eigenvalue weighted by atomic mass is 9.98. The van der Waals surface area contributed by atoms with Crippen molar-refractivity contribution >= 4 is 10.8 Å². The second-order valence-corrected chi connectivity index (χ2v) is 6.24. The molecule has 0 aliphatic heterocycles. The van der Waals surface area contributed by atoms with E-state index in [1.54, 1.807) is 28.4 Å². The SMILES string of the molecule is CC[n+]1cc(-c2ccc(OC)c(OC)c2)c2cc(OC)c(OC)cc2c1C. The van der Waals surface area contributed by atoms with Crippen LogP contribution in [-0.2, 0) is 6.54 Å². The molecule has 0 atom stereocenters. The first-order chi connectivity index (χ1) is 13.1. The van der Waals surface area contributed by atoms with E-state index in [4.69, 9.17) is 18.9 Å². The molecule has 0 radical (unpaired) electrons. The molecule has 27 heavy (non-hydrogen) atoms. The van der Waals surface area contributed by atoms with Crippen molar-refractivity contribution in [3.63, 3.8) is 0 Å². The second-order valence-electron chi connectivity index (χ2n) is 6.24. The van der Waals surface area contributed by atoms with Crippen molar-refractivity contribution < 1.29 is 23.5 Å². The lowest BCUT2D eigenvalue weighted by molar-refractivity contribution is -0.697.